The fourth-order valence-electron chi connectivity index (χ4n) is 1.63. The maximum Gasteiger partial charge on any atom is 0.256 e. The minimum absolute atomic E-state index is 0.0345. The summed E-state index contributed by atoms with van der Waals surface area (Å²) < 4.78 is 4.87. The summed E-state index contributed by atoms with van der Waals surface area (Å²) in [5.74, 6) is -0.389. The zero-order valence-electron chi connectivity index (χ0n) is 9.80. The highest BCUT2D eigenvalue weighted by atomic mass is 35.5. The minimum atomic E-state index is -0.547. The van der Waals surface area contributed by atoms with Crippen LogP contribution in [0, 0.1) is 0 Å². The Labute approximate surface area is 120 Å². The number of nitrogens with one attached hydrogen (secondary N) is 1. The molecule has 1 unspecified atom stereocenters. The van der Waals surface area contributed by atoms with E-state index in [-0.39, 0.29) is 21.7 Å². The molecule has 98 valence electrons. The molecule has 0 saturated heterocycles. The van der Waals surface area contributed by atoms with E-state index in [2.05, 4.69) is 5.32 Å². The number of furan rings is 1. The molecule has 1 amide bonds. The predicted molar refractivity (Wildman–Crippen MR) is 77.2 cm³/mol. The number of benzene rings is 1. The fourth-order valence-corrected chi connectivity index (χ4v) is 2.02. The minimum Gasteiger partial charge on any atom is -0.452 e. The number of thiocarbonyl (C=S) groups is 1. The summed E-state index contributed by atoms with van der Waals surface area (Å²) >= 11 is 10.7. The van der Waals surface area contributed by atoms with Gasteiger partial charge in [0.1, 0.15) is 11.0 Å². The fraction of sp³-hybridized carbons (Fsp3) is 0.0769. The molecule has 0 aliphatic rings. The first-order chi connectivity index (χ1) is 9.09. The van der Waals surface area contributed by atoms with Crippen molar-refractivity contribution in [3.63, 3.8) is 0 Å². The van der Waals surface area contributed by atoms with E-state index in [1.807, 2.05) is 30.3 Å². The van der Waals surface area contributed by atoms with E-state index in [1.165, 1.54) is 12.3 Å². The van der Waals surface area contributed by atoms with Crippen LogP contribution < -0.4 is 11.1 Å². The average molecular weight is 295 g/mol. The Morgan fingerprint density at radius 2 is 2.00 bits per heavy atom. The molecule has 0 fully saturated rings. The highest BCUT2D eigenvalue weighted by molar-refractivity contribution is 7.80. The van der Waals surface area contributed by atoms with E-state index in [4.69, 9.17) is 34.0 Å². The molecule has 6 heteroatoms. The topological polar surface area (TPSA) is 68.3 Å². The van der Waals surface area contributed by atoms with Gasteiger partial charge >= 0.3 is 0 Å². The molecule has 19 heavy (non-hydrogen) atoms. The van der Waals surface area contributed by atoms with Gasteiger partial charge in [-0.25, -0.2) is 0 Å². The Morgan fingerprint density at radius 1 is 1.32 bits per heavy atom. The number of carbonyl (C=O) groups is 1. The average Bonchev–Trinajstić information content (AvgIpc) is 2.82. The molecule has 0 spiro atoms. The molecule has 0 bridgehead atoms. The SMILES string of the molecule is NC(=S)C(NC(=O)c1ccoc1Cl)c1ccccc1. The second-order valence-corrected chi connectivity index (χ2v) is 4.64. The second kappa shape index (κ2) is 5.86. The van der Waals surface area contributed by atoms with Crippen molar-refractivity contribution >= 4 is 34.7 Å². The van der Waals surface area contributed by atoms with Gasteiger partial charge in [-0.2, -0.15) is 0 Å². The van der Waals surface area contributed by atoms with Crippen LogP contribution in [0.15, 0.2) is 47.1 Å². The van der Waals surface area contributed by atoms with Crippen molar-refractivity contribution in [2.75, 3.05) is 0 Å². The van der Waals surface area contributed by atoms with Gasteiger partial charge in [-0.15, -0.1) is 0 Å². The molecular weight excluding hydrogens is 284 g/mol. The van der Waals surface area contributed by atoms with Crippen LogP contribution in [-0.2, 0) is 0 Å². The van der Waals surface area contributed by atoms with Crippen LogP contribution in [0.3, 0.4) is 0 Å². The third-order valence-corrected chi connectivity index (χ3v) is 3.08. The van der Waals surface area contributed by atoms with Gasteiger partial charge < -0.3 is 15.5 Å². The molecule has 1 aromatic heterocycles. The molecule has 2 rings (SSSR count). The molecule has 0 radical (unpaired) electrons. The van der Waals surface area contributed by atoms with E-state index in [0.717, 1.165) is 5.56 Å². The normalized spacial score (nSPS) is 11.8. The van der Waals surface area contributed by atoms with E-state index >= 15 is 0 Å². The molecule has 0 saturated carbocycles. The number of rotatable bonds is 4. The molecule has 3 N–H and O–H groups in total. The van der Waals surface area contributed by atoms with Gasteiger partial charge in [-0.1, -0.05) is 42.5 Å². The number of nitrogens with two attached hydrogens (primary N) is 1. The molecule has 0 aliphatic carbocycles. The van der Waals surface area contributed by atoms with Gasteiger partial charge in [0.15, 0.2) is 0 Å². The van der Waals surface area contributed by atoms with E-state index in [0.29, 0.717) is 0 Å². The van der Waals surface area contributed by atoms with Crippen molar-refractivity contribution in [2.45, 2.75) is 6.04 Å². The molecule has 2 aromatic rings. The Bertz CT molecular complexity index is 598. The van der Waals surface area contributed by atoms with Crippen molar-refractivity contribution in [1.29, 1.82) is 0 Å². The lowest BCUT2D eigenvalue weighted by Gasteiger charge is -2.17. The van der Waals surface area contributed by atoms with Crippen molar-refractivity contribution in [3.8, 4) is 0 Å². The van der Waals surface area contributed by atoms with E-state index in [9.17, 15) is 4.79 Å². The number of hydrogen-bond acceptors (Lipinski definition) is 3. The first kappa shape index (κ1) is 13.6. The van der Waals surface area contributed by atoms with Gasteiger partial charge in [-0.3, -0.25) is 4.79 Å². The third-order valence-electron chi connectivity index (χ3n) is 2.56. The number of amides is 1. The number of carbonyl (C=O) groups excluding carboxylic acids is 1. The van der Waals surface area contributed by atoms with Crippen LogP contribution in [0.5, 0.6) is 0 Å². The first-order valence-electron chi connectivity index (χ1n) is 5.47. The van der Waals surface area contributed by atoms with Crippen LogP contribution in [0.2, 0.25) is 5.22 Å². The van der Waals surface area contributed by atoms with E-state index < -0.39 is 6.04 Å². The molecule has 1 atom stereocenters. The third kappa shape index (κ3) is 3.13. The van der Waals surface area contributed by atoms with E-state index in [1.54, 1.807) is 0 Å². The Hall–Kier alpha value is -1.85. The monoisotopic (exact) mass is 294 g/mol. The predicted octanol–water partition coefficient (Wildman–Crippen LogP) is 2.69. The lowest BCUT2D eigenvalue weighted by Crippen LogP contribution is -2.36. The highest BCUT2D eigenvalue weighted by Gasteiger charge is 2.20. The quantitative estimate of drug-likeness (QED) is 0.851. The zero-order chi connectivity index (χ0) is 13.8. The van der Waals surface area contributed by atoms with Gasteiger partial charge in [-0.05, 0) is 23.2 Å². The molecular formula is C13H11ClN2O2S. The molecule has 4 nitrogen and oxygen atoms in total. The summed E-state index contributed by atoms with van der Waals surface area (Å²) in [7, 11) is 0. The van der Waals surface area contributed by atoms with Gasteiger partial charge in [0.2, 0.25) is 5.22 Å². The lowest BCUT2D eigenvalue weighted by atomic mass is 10.1. The zero-order valence-corrected chi connectivity index (χ0v) is 11.4. The summed E-state index contributed by atoms with van der Waals surface area (Å²) in [4.78, 5) is 12.2. The first-order valence-corrected chi connectivity index (χ1v) is 6.26. The van der Waals surface area contributed by atoms with Crippen molar-refractivity contribution in [1.82, 2.24) is 5.32 Å². The van der Waals surface area contributed by atoms with Crippen LogP contribution in [-0.4, -0.2) is 10.9 Å². The second-order valence-electron chi connectivity index (χ2n) is 3.83. The molecule has 1 heterocycles. The Kier molecular flexibility index (Phi) is 4.19. The Morgan fingerprint density at radius 3 is 2.53 bits per heavy atom. The van der Waals surface area contributed by atoms with Crippen LogP contribution >= 0.6 is 23.8 Å². The Balaban J connectivity index is 2.21. The van der Waals surface area contributed by atoms with Gasteiger partial charge in [0, 0.05) is 0 Å². The maximum atomic E-state index is 12.0. The lowest BCUT2D eigenvalue weighted by molar-refractivity contribution is 0.0946. The standard InChI is InChI=1S/C13H11ClN2O2S/c14-11-9(6-7-18-11)13(17)16-10(12(15)19)8-4-2-1-3-5-8/h1-7,10H,(H2,15,19)(H,16,17). The molecule has 0 aliphatic heterocycles. The van der Waals surface area contributed by atoms with Crippen LogP contribution in [0.4, 0.5) is 0 Å². The summed E-state index contributed by atoms with van der Waals surface area (Å²) in [5, 5.41) is 2.76. The molecule has 1 aromatic carbocycles. The smallest absolute Gasteiger partial charge is 0.256 e. The number of hydrogen-bond donors (Lipinski definition) is 2. The maximum absolute atomic E-state index is 12.0. The van der Waals surface area contributed by atoms with Crippen molar-refractivity contribution in [3.05, 3.63) is 59.0 Å². The van der Waals surface area contributed by atoms with Gasteiger partial charge in [0.25, 0.3) is 5.91 Å². The largest absolute Gasteiger partial charge is 0.452 e. The highest BCUT2D eigenvalue weighted by Crippen LogP contribution is 2.19. The van der Waals surface area contributed by atoms with Crippen LogP contribution in [0.25, 0.3) is 0 Å². The number of halogens is 1. The van der Waals surface area contributed by atoms with Crippen LogP contribution in [0.1, 0.15) is 22.0 Å². The van der Waals surface area contributed by atoms with Gasteiger partial charge in [0.05, 0.1) is 11.8 Å². The summed E-state index contributed by atoms with van der Waals surface area (Å²) in [6.07, 6.45) is 1.34. The summed E-state index contributed by atoms with van der Waals surface area (Å²) in [6, 6.07) is 10.2. The van der Waals surface area contributed by atoms with Crippen molar-refractivity contribution in [2.24, 2.45) is 5.73 Å². The van der Waals surface area contributed by atoms with Crippen molar-refractivity contribution < 1.29 is 9.21 Å². The summed E-state index contributed by atoms with van der Waals surface area (Å²) in [6.45, 7) is 0. The summed E-state index contributed by atoms with van der Waals surface area (Å²) in [5.41, 5.74) is 6.73.